The fraction of sp³-hybridized carbons (Fsp3) is 0.286. The van der Waals surface area contributed by atoms with Gasteiger partial charge in [0.2, 0.25) is 5.91 Å². The smallest absolute Gasteiger partial charge is 0.267 e. The third-order valence-corrected chi connectivity index (χ3v) is 4.33. The van der Waals surface area contributed by atoms with Crippen molar-refractivity contribution in [2.75, 3.05) is 25.0 Å². The van der Waals surface area contributed by atoms with Crippen molar-refractivity contribution in [3.8, 4) is 11.1 Å². The van der Waals surface area contributed by atoms with E-state index in [2.05, 4.69) is 16.0 Å². The molecule has 2 aromatic rings. The highest BCUT2D eigenvalue weighted by Gasteiger charge is 2.19. The summed E-state index contributed by atoms with van der Waals surface area (Å²) in [5.74, 6) is -1.36. The Hall–Kier alpha value is -3.27. The van der Waals surface area contributed by atoms with Gasteiger partial charge in [-0.25, -0.2) is 5.48 Å². The van der Waals surface area contributed by atoms with E-state index >= 15 is 0 Å². The number of rotatable bonds is 10. The Morgan fingerprint density at radius 1 is 1.00 bits per heavy atom. The second kappa shape index (κ2) is 11.7. The van der Waals surface area contributed by atoms with Gasteiger partial charge in [-0.15, -0.1) is 0 Å². The maximum absolute atomic E-state index is 12.3. The molecule has 3 amide bonds. The second-order valence-corrected chi connectivity index (χ2v) is 6.62. The molecule has 0 aliphatic carbocycles. The molecule has 9 heteroatoms. The average Bonchev–Trinajstić information content (AvgIpc) is 2.77. The van der Waals surface area contributed by atoms with Gasteiger partial charge in [-0.2, -0.15) is 0 Å². The predicted molar refractivity (Wildman–Crippen MR) is 114 cm³/mol. The Kier molecular flexibility index (Phi) is 8.95. The third-order valence-electron chi connectivity index (χ3n) is 4.33. The van der Waals surface area contributed by atoms with Crippen LogP contribution >= 0.6 is 0 Å². The summed E-state index contributed by atoms with van der Waals surface area (Å²) in [4.78, 5) is 35.5. The summed E-state index contributed by atoms with van der Waals surface area (Å²) in [6.45, 7) is 2.95. The van der Waals surface area contributed by atoms with Gasteiger partial charge in [0, 0.05) is 17.8 Å². The van der Waals surface area contributed by atoms with E-state index in [1.807, 2.05) is 31.2 Å². The van der Waals surface area contributed by atoms with Gasteiger partial charge in [-0.05, 0) is 48.4 Å². The molecule has 30 heavy (non-hydrogen) atoms. The van der Waals surface area contributed by atoms with Crippen molar-refractivity contribution in [1.82, 2.24) is 16.1 Å². The van der Waals surface area contributed by atoms with E-state index in [-0.39, 0.29) is 19.0 Å². The van der Waals surface area contributed by atoms with E-state index < -0.39 is 17.9 Å². The largest absolute Gasteiger partial charge is 0.339 e. The van der Waals surface area contributed by atoms with Crippen molar-refractivity contribution in [1.29, 1.82) is 0 Å². The predicted octanol–water partition coefficient (Wildman–Crippen LogP) is 0.854. The Morgan fingerprint density at radius 3 is 2.13 bits per heavy atom. The first kappa shape index (κ1) is 23.0. The standard InChI is InChI=1S/C21H27N5O4/c1-2-11-23-13-19(27)24-17-9-7-15(8-10-17)14-3-5-16(6-4-14)20(28)25-18(12-22)21(29)26-30/h3-10,18,23,30H,2,11-13,22H2,1H3,(H,24,27)(H,25,28)(H,26,29)/t18-/m0/s1. The molecule has 0 heterocycles. The van der Waals surface area contributed by atoms with Crippen LogP contribution in [0.3, 0.4) is 0 Å². The maximum atomic E-state index is 12.3. The summed E-state index contributed by atoms with van der Waals surface area (Å²) in [5, 5.41) is 17.0. The zero-order valence-electron chi connectivity index (χ0n) is 16.8. The van der Waals surface area contributed by atoms with Crippen molar-refractivity contribution in [2.24, 2.45) is 5.73 Å². The molecule has 9 nitrogen and oxygen atoms in total. The van der Waals surface area contributed by atoms with E-state index in [0.29, 0.717) is 11.3 Å². The van der Waals surface area contributed by atoms with E-state index in [9.17, 15) is 14.4 Å². The lowest BCUT2D eigenvalue weighted by molar-refractivity contribution is -0.130. The summed E-state index contributed by atoms with van der Waals surface area (Å²) < 4.78 is 0. The number of anilines is 1. The van der Waals surface area contributed by atoms with E-state index in [4.69, 9.17) is 10.9 Å². The van der Waals surface area contributed by atoms with Crippen LogP contribution in [-0.2, 0) is 9.59 Å². The van der Waals surface area contributed by atoms with Crippen LogP contribution in [0.2, 0.25) is 0 Å². The lowest BCUT2D eigenvalue weighted by Gasteiger charge is -2.14. The molecule has 0 radical (unpaired) electrons. The number of hydroxylamine groups is 1. The molecular formula is C21H27N5O4. The average molecular weight is 413 g/mol. The van der Waals surface area contributed by atoms with Gasteiger partial charge in [0.1, 0.15) is 6.04 Å². The van der Waals surface area contributed by atoms with Crippen LogP contribution in [0.1, 0.15) is 23.7 Å². The van der Waals surface area contributed by atoms with Crippen molar-refractivity contribution in [3.05, 3.63) is 54.1 Å². The van der Waals surface area contributed by atoms with Crippen LogP contribution in [0, 0.1) is 0 Å². The van der Waals surface area contributed by atoms with Crippen molar-refractivity contribution < 1.29 is 19.6 Å². The third kappa shape index (κ3) is 6.66. The molecule has 0 aliphatic heterocycles. The number of carbonyl (C=O) groups is 3. The van der Waals surface area contributed by atoms with Gasteiger partial charge in [0.15, 0.2) is 0 Å². The summed E-state index contributed by atoms with van der Waals surface area (Å²) in [6.07, 6.45) is 0.966. The van der Waals surface area contributed by atoms with Gasteiger partial charge < -0.3 is 21.7 Å². The number of nitrogens with two attached hydrogens (primary N) is 1. The van der Waals surface area contributed by atoms with Gasteiger partial charge in [-0.3, -0.25) is 19.6 Å². The number of amides is 3. The normalized spacial score (nSPS) is 11.4. The van der Waals surface area contributed by atoms with Crippen molar-refractivity contribution >= 4 is 23.4 Å². The minimum atomic E-state index is -1.03. The second-order valence-electron chi connectivity index (χ2n) is 6.62. The van der Waals surface area contributed by atoms with Gasteiger partial charge in [-0.1, -0.05) is 31.2 Å². The van der Waals surface area contributed by atoms with Crippen LogP contribution in [0.5, 0.6) is 0 Å². The first-order chi connectivity index (χ1) is 14.5. The zero-order chi connectivity index (χ0) is 21.9. The topological polar surface area (TPSA) is 146 Å². The van der Waals surface area contributed by atoms with Crippen LogP contribution in [0.15, 0.2) is 48.5 Å². The Balaban J connectivity index is 1.98. The highest BCUT2D eigenvalue weighted by Crippen LogP contribution is 2.22. The van der Waals surface area contributed by atoms with Crippen LogP contribution < -0.4 is 27.2 Å². The number of benzene rings is 2. The Morgan fingerprint density at radius 2 is 1.60 bits per heavy atom. The lowest BCUT2D eigenvalue weighted by Crippen LogP contribution is -2.50. The number of carbonyl (C=O) groups excluding carboxylic acids is 3. The monoisotopic (exact) mass is 413 g/mol. The lowest BCUT2D eigenvalue weighted by atomic mass is 10.0. The molecule has 0 saturated heterocycles. The van der Waals surface area contributed by atoms with Gasteiger partial charge >= 0.3 is 0 Å². The summed E-state index contributed by atoms with van der Waals surface area (Å²) in [6, 6.07) is 13.2. The highest BCUT2D eigenvalue weighted by molar-refractivity contribution is 5.98. The van der Waals surface area contributed by atoms with Crippen LogP contribution in [0.4, 0.5) is 5.69 Å². The molecule has 2 rings (SSSR count). The molecule has 160 valence electrons. The molecule has 1 atom stereocenters. The maximum Gasteiger partial charge on any atom is 0.267 e. The molecule has 0 aromatic heterocycles. The molecule has 0 bridgehead atoms. The minimum absolute atomic E-state index is 0.0998. The number of hydrogen-bond acceptors (Lipinski definition) is 6. The molecule has 0 unspecified atom stereocenters. The van der Waals surface area contributed by atoms with Gasteiger partial charge in [0.25, 0.3) is 11.8 Å². The molecule has 0 spiro atoms. The molecule has 0 saturated carbocycles. The summed E-state index contributed by atoms with van der Waals surface area (Å²) in [7, 11) is 0. The molecular weight excluding hydrogens is 386 g/mol. The first-order valence-electron chi connectivity index (χ1n) is 9.64. The quantitative estimate of drug-likeness (QED) is 0.193. The molecule has 7 N–H and O–H groups in total. The van der Waals surface area contributed by atoms with Crippen molar-refractivity contribution in [2.45, 2.75) is 19.4 Å². The number of hydrogen-bond donors (Lipinski definition) is 6. The summed E-state index contributed by atoms with van der Waals surface area (Å²) >= 11 is 0. The Bertz CT molecular complexity index is 853. The zero-order valence-corrected chi connectivity index (χ0v) is 16.8. The SMILES string of the molecule is CCCNCC(=O)Nc1ccc(-c2ccc(C(=O)N[C@@H](CN)C(=O)NO)cc2)cc1. The molecule has 0 fully saturated rings. The number of nitrogens with one attached hydrogen (secondary N) is 4. The van der Waals surface area contributed by atoms with E-state index in [1.165, 1.54) is 5.48 Å². The molecule has 0 aliphatic rings. The first-order valence-corrected chi connectivity index (χ1v) is 9.64. The molecule has 2 aromatic carbocycles. The fourth-order valence-electron chi connectivity index (χ4n) is 2.69. The highest BCUT2D eigenvalue weighted by atomic mass is 16.5. The fourth-order valence-corrected chi connectivity index (χ4v) is 2.69. The van der Waals surface area contributed by atoms with Crippen molar-refractivity contribution in [3.63, 3.8) is 0 Å². The minimum Gasteiger partial charge on any atom is -0.339 e. The summed E-state index contributed by atoms with van der Waals surface area (Å²) in [5.41, 5.74) is 9.76. The Labute approximate surface area is 175 Å². The van der Waals surface area contributed by atoms with E-state index in [1.54, 1.807) is 24.3 Å². The van der Waals surface area contributed by atoms with Gasteiger partial charge in [0.05, 0.1) is 6.54 Å². The van der Waals surface area contributed by atoms with Crippen LogP contribution in [-0.4, -0.2) is 48.6 Å². The van der Waals surface area contributed by atoms with E-state index in [0.717, 1.165) is 24.1 Å². The van der Waals surface area contributed by atoms with Crippen LogP contribution in [0.25, 0.3) is 11.1 Å².